The maximum absolute atomic E-state index is 13.6. The lowest BCUT2D eigenvalue weighted by molar-refractivity contribution is -0.160. The Bertz CT molecular complexity index is 1310. The molecule has 37 heavy (non-hydrogen) atoms. The molecule has 1 aliphatic heterocycles. The highest BCUT2D eigenvalue weighted by Gasteiger charge is 2.63. The highest BCUT2D eigenvalue weighted by atomic mass is 33.1. The van der Waals surface area contributed by atoms with Gasteiger partial charge in [-0.3, -0.25) is 14.4 Å². The SMILES string of the molecule is C=C(C)C1(NC(=O)Cc2ccccc2)C(=O)N(CC(=O)O[Si](C)(C)C)C1SSc1nc2ccccc2s1. The molecule has 2 amide bonds. The average molecular weight is 572 g/mol. The van der Waals surface area contributed by atoms with Gasteiger partial charge >= 0.3 is 5.97 Å². The molecule has 1 aromatic heterocycles. The number of likely N-dealkylation sites (tertiary alicyclic amines) is 1. The molecule has 0 spiro atoms. The number of para-hydroxylation sites is 1. The zero-order valence-electron chi connectivity index (χ0n) is 21.1. The van der Waals surface area contributed by atoms with E-state index in [1.54, 1.807) is 18.3 Å². The van der Waals surface area contributed by atoms with Crippen molar-refractivity contribution in [2.45, 2.75) is 48.2 Å². The summed E-state index contributed by atoms with van der Waals surface area (Å²) in [5, 5.41) is 2.40. The Morgan fingerprint density at radius 2 is 1.84 bits per heavy atom. The number of aromatic nitrogens is 1. The number of rotatable bonds is 10. The van der Waals surface area contributed by atoms with E-state index < -0.39 is 25.2 Å². The smallest absolute Gasteiger partial charge is 0.312 e. The second-order valence-corrected chi connectivity index (χ2v) is 17.8. The van der Waals surface area contributed by atoms with Gasteiger partial charge in [0.15, 0.2) is 9.88 Å². The molecule has 7 nitrogen and oxygen atoms in total. The van der Waals surface area contributed by atoms with Crippen molar-refractivity contribution in [3.05, 3.63) is 72.3 Å². The predicted octanol–water partition coefficient (Wildman–Crippen LogP) is 5.26. The van der Waals surface area contributed by atoms with Gasteiger partial charge in [-0.15, -0.1) is 11.3 Å². The standard InChI is InChI=1S/C26H29N3O4S3Si/c1-17(2)26(28-21(30)15-18-11-7-6-8-12-18)23(32)29(16-22(31)33-37(3,4)5)24(26)35-36-25-27-19-13-9-10-14-20(19)34-25/h6-14,24H,1,15-16H2,2-5H3,(H,28,30). The van der Waals surface area contributed by atoms with Crippen molar-refractivity contribution in [2.75, 3.05) is 6.54 Å². The first-order valence-corrected chi connectivity index (χ1v) is 18.2. The Balaban J connectivity index is 1.58. The van der Waals surface area contributed by atoms with E-state index in [4.69, 9.17) is 4.43 Å². The van der Waals surface area contributed by atoms with Gasteiger partial charge in [0.1, 0.15) is 11.9 Å². The molecule has 2 unspecified atom stereocenters. The van der Waals surface area contributed by atoms with Crippen LogP contribution in [0.3, 0.4) is 0 Å². The Hall–Kier alpha value is -2.60. The average Bonchev–Trinajstić information content (AvgIpc) is 3.24. The maximum Gasteiger partial charge on any atom is 0.312 e. The van der Waals surface area contributed by atoms with Crippen molar-refractivity contribution in [3.63, 3.8) is 0 Å². The molecular formula is C26H29N3O4S3Si. The molecule has 1 aliphatic rings. The summed E-state index contributed by atoms with van der Waals surface area (Å²) in [4.78, 5) is 45.5. The lowest BCUT2D eigenvalue weighted by Crippen LogP contribution is -2.80. The molecule has 11 heteroatoms. The van der Waals surface area contributed by atoms with Crippen molar-refractivity contribution in [2.24, 2.45) is 0 Å². The lowest BCUT2D eigenvalue weighted by Gasteiger charge is -2.55. The van der Waals surface area contributed by atoms with Gasteiger partial charge in [-0.05, 0) is 60.6 Å². The van der Waals surface area contributed by atoms with Crippen LogP contribution in [0.4, 0.5) is 0 Å². The number of fused-ring (bicyclic) bond motifs is 1. The van der Waals surface area contributed by atoms with Crippen LogP contribution < -0.4 is 5.32 Å². The molecular weight excluding hydrogens is 543 g/mol. The van der Waals surface area contributed by atoms with E-state index in [1.165, 1.54) is 26.5 Å². The van der Waals surface area contributed by atoms with Gasteiger partial charge in [0, 0.05) is 0 Å². The molecule has 2 heterocycles. The molecule has 0 radical (unpaired) electrons. The van der Waals surface area contributed by atoms with Crippen LogP contribution in [-0.4, -0.2) is 53.4 Å². The minimum atomic E-state index is -2.13. The molecule has 3 aromatic rings. The van der Waals surface area contributed by atoms with Gasteiger partial charge in [-0.25, -0.2) is 4.98 Å². The van der Waals surface area contributed by atoms with E-state index in [0.717, 1.165) is 20.1 Å². The van der Waals surface area contributed by atoms with Gasteiger partial charge in [0.25, 0.3) is 5.91 Å². The van der Waals surface area contributed by atoms with Gasteiger partial charge in [0.05, 0.1) is 16.6 Å². The minimum Gasteiger partial charge on any atom is -0.519 e. The van der Waals surface area contributed by atoms with Crippen molar-refractivity contribution in [1.29, 1.82) is 0 Å². The number of benzene rings is 2. The van der Waals surface area contributed by atoms with Crippen LogP contribution in [0.1, 0.15) is 12.5 Å². The topological polar surface area (TPSA) is 88.6 Å². The Labute approximate surface area is 229 Å². The zero-order chi connectivity index (χ0) is 26.8. The van der Waals surface area contributed by atoms with Crippen LogP contribution in [0.25, 0.3) is 10.2 Å². The van der Waals surface area contributed by atoms with E-state index in [1.807, 2.05) is 74.2 Å². The Morgan fingerprint density at radius 1 is 1.16 bits per heavy atom. The zero-order valence-corrected chi connectivity index (χ0v) is 24.6. The summed E-state index contributed by atoms with van der Waals surface area (Å²) in [6, 6.07) is 17.2. The summed E-state index contributed by atoms with van der Waals surface area (Å²) in [6.45, 7) is 11.4. The maximum atomic E-state index is 13.6. The van der Waals surface area contributed by atoms with Crippen molar-refractivity contribution in [1.82, 2.24) is 15.2 Å². The van der Waals surface area contributed by atoms with Crippen LogP contribution in [0.15, 0.2) is 71.1 Å². The fraction of sp³-hybridized carbons (Fsp3) is 0.308. The summed E-state index contributed by atoms with van der Waals surface area (Å²) in [5.41, 5.74) is 0.918. The molecule has 1 fully saturated rings. The number of thiazole rings is 1. The van der Waals surface area contributed by atoms with E-state index in [0.29, 0.717) is 5.57 Å². The number of nitrogens with one attached hydrogen (secondary N) is 1. The first kappa shape index (κ1) is 27.4. The summed E-state index contributed by atoms with van der Waals surface area (Å²) in [5.74, 6) is -1.10. The first-order chi connectivity index (χ1) is 17.5. The number of hydrogen-bond acceptors (Lipinski definition) is 8. The number of hydrogen-bond donors (Lipinski definition) is 1. The fourth-order valence-corrected chi connectivity index (χ4v) is 9.01. The summed E-state index contributed by atoms with van der Waals surface area (Å²) in [6.07, 6.45) is 0.128. The quantitative estimate of drug-likeness (QED) is 0.154. The van der Waals surface area contributed by atoms with Gasteiger partial charge in [-0.1, -0.05) is 59.8 Å². The molecule has 194 valence electrons. The number of carbonyl (C=O) groups excluding carboxylic acids is 3. The number of amides is 2. The van der Waals surface area contributed by atoms with Crippen LogP contribution in [0.5, 0.6) is 0 Å². The Kier molecular flexibility index (Phi) is 8.17. The van der Waals surface area contributed by atoms with Crippen LogP contribution >= 0.6 is 32.9 Å². The normalized spacial score (nSPS) is 19.4. The summed E-state index contributed by atoms with van der Waals surface area (Å²) < 4.78 is 7.49. The second kappa shape index (κ2) is 11.0. The van der Waals surface area contributed by atoms with Crippen molar-refractivity contribution in [3.8, 4) is 0 Å². The van der Waals surface area contributed by atoms with Crippen molar-refractivity contribution < 1.29 is 18.8 Å². The highest BCUT2D eigenvalue weighted by Crippen LogP contribution is 2.50. The molecule has 2 aromatic carbocycles. The van der Waals surface area contributed by atoms with E-state index >= 15 is 0 Å². The highest BCUT2D eigenvalue weighted by molar-refractivity contribution is 8.77. The lowest BCUT2D eigenvalue weighted by atomic mass is 9.81. The van der Waals surface area contributed by atoms with Crippen LogP contribution in [0.2, 0.25) is 19.6 Å². The third-order valence-electron chi connectivity index (χ3n) is 5.67. The molecule has 1 N–H and O–H groups in total. The third kappa shape index (κ3) is 6.11. The molecule has 0 aliphatic carbocycles. The van der Waals surface area contributed by atoms with E-state index in [-0.39, 0.29) is 24.8 Å². The third-order valence-corrected chi connectivity index (χ3v) is 10.6. The number of carbonyl (C=O) groups is 3. The monoisotopic (exact) mass is 571 g/mol. The summed E-state index contributed by atoms with van der Waals surface area (Å²) in [7, 11) is 0.674. The minimum absolute atomic E-state index is 0.128. The molecule has 2 atom stereocenters. The Morgan fingerprint density at radius 3 is 2.49 bits per heavy atom. The fourth-order valence-electron chi connectivity index (χ4n) is 4.03. The summed E-state index contributed by atoms with van der Waals surface area (Å²) >= 11 is 1.55. The van der Waals surface area contributed by atoms with Crippen LogP contribution in [0, 0.1) is 0 Å². The van der Waals surface area contributed by atoms with Gasteiger partial charge < -0.3 is 14.6 Å². The van der Waals surface area contributed by atoms with E-state index in [2.05, 4.69) is 16.9 Å². The van der Waals surface area contributed by atoms with Gasteiger partial charge in [0.2, 0.25) is 14.2 Å². The van der Waals surface area contributed by atoms with Crippen LogP contribution in [-0.2, 0) is 25.2 Å². The van der Waals surface area contributed by atoms with Gasteiger partial charge in [-0.2, -0.15) is 0 Å². The van der Waals surface area contributed by atoms with Crippen molar-refractivity contribution >= 4 is 69.2 Å². The molecule has 0 bridgehead atoms. The predicted molar refractivity (Wildman–Crippen MR) is 154 cm³/mol. The molecule has 0 saturated carbocycles. The number of nitrogens with zero attached hydrogens (tertiary/aromatic N) is 2. The van der Waals surface area contributed by atoms with E-state index in [9.17, 15) is 14.4 Å². The first-order valence-electron chi connectivity index (χ1n) is 11.7. The molecule has 4 rings (SSSR count). The number of β-lactam (4-membered cyclic amide) rings is 1. The largest absolute Gasteiger partial charge is 0.519 e. The second-order valence-electron chi connectivity index (χ2n) is 9.80. The molecule has 1 saturated heterocycles.